The lowest BCUT2D eigenvalue weighted by Gasteiger charge is -2.11. The van der Waals surface area contributed by atoms with Gasteiger partial charge in [-0.2, -0.15) is 0 Å². The van der Waals surface area contributed by atoms with Gasteiger partial charge in [0.2, 0.25) is 0 Å². The van der Waals surface area contributed by atoms with Crippen LogP contribution in [0.3, 0.4) is 0 Å². The van der Waals surface area contributed by atoms with Gasteiger partial charge in [0.25, 0.3) is 0 Å². The molecule has 112 valence electrons. The van der Waals surface area contributed by atoms with Gasteiger partial charge in [0.15, 0.2) is 5.69 Å². The molecule has 0 aliphatic rings. The highest BCUT2D eigenvalue weighted by atomic mass is 16.5. The Bertz CT molecular complexity index is 1040. The van der Waals surface area contributed by atoms with E-state index in [1.807, 2.05) is 48.5 Å². The van der Waals surface area contributed by atoms with E-state index in [9.17, 15) is 4.79 Å². The third-order valence-electron chi connectivity index (χ3n) is 4.06. The van der Waals surface area contributed by atoms with Crippen LogP contribution in [-0.2, 0) is 4.74 Å². The molecule has 0 N–H and O–H groups in total. The zero-order valence-corrected chi connectivity index (χ0v) is 12.7. The molecule has 4 rings (SSSR count). The van der Waals surface area contributed by atoms with Crippen LogP contribution in [0.5, 0.6) is 0 Å². The summed E-state index contributed by atoms with van der Waals surface area (Å²) in [4.78, 5) is 16.9. The van der Waals surface area contributed by atoms with Crippen molar-refractivity contribution in [3.63, 3.8) is 0 Å². The van der Waals surface area contributed by atoms with E-state index < -0.39 is 0 Å². The van der Waals surface area contributed by atoms with Gasteiger partial charge >= 0.3 is 5.97 Å². The van der Waals surface area contributed by atoms with Crippen molar-refractivity contribution in [2.24, 2.45) is 0 Å². The number of pyridine rings is 1. The lowest BCUT2D eigenvalue weighted by molar-refractivity contribution is 0.0522. The normalized spacial score (nSPS) is 11.2. The predicted molar refractivity (Wildman–Crippen MR) is 92.7 cm³/mol. The quantitative estimate of drug-likeness (QED) is 0.397. The maximum atomic E-state index is 12.4. The van der Waals surface area contributed by atoms with Crippen molar-refractivity contribution in [2.45, 2.75) is 6.92 Å². The Morgan fingerprint density at radius 3 is 2.48 bits per heavy atom. The van der Waals surface area contributed by atoms with Crippen molar-refractivity contribution in [3.8, 4) is 0 Å². The molecule has 0 spiro atoms. The number of hydrogen-bond donors (Lipinski definition) is 0. The number of carbonyl (C=O) groups excluding carboxylic acids is 1. The minimum Gasteiger partial charge on any atom is -0.461 e. The molecule has 0 atom stereocenters. The first-order valence-corrected chi connectivity index (χ1v) is 7.67. The van der Waals surface area contributed by atoms with E-state index in [4.69, 9.17) is 4.74 Å². The lowest BCUT2D eigenvalue weighted by atomic mass is 9.97. The second kappa shape index (κ2) is 5.36. The molecule has 0 amide bonds. The van der Waals surface area contributed by atoms with Gasteiger partial charge in [-0.05, 0) is 23.8 Å². The van der Waals surface area contributed by atoms with Gasteiger partial charge in [-0.25, -0.2) is 9.78 Å². The molecular weight excluding hydrogens is 286 g/mol. The molecule has 23 heavy (non-hydrogen) atoms. The van der Waals surface area contributed by atoms with Crippen LogP contribution in [0.25, 0.3) is 32.4 Å². The van der Waals surface area contributed by atoms with Crippen molar-refractivity contribution in [3.05, 3.63) is 66.4 Å². The van der Waals surface area contributed by atoms with Crippen LogP contribution in [0.2, 0.25) is 0 Å². The van der Waals surface area contributed by atoms with E-state index in [0.717, 1.165) is 32.4 Å². The van der Waals surface area contributed by atoms with Gasteiger partial charge in [0, 0.05) is 16.2 Å². The van der Waals surface area contributed by atoms with Crippen LogP contribution in [0.4, 0.5) is 0 Å². The highest BCUT2D eigenvalue weighted by molar-refractivity contribution is 6.23. The summed E-state index contributed by atoms with van der Waals surface area (Å²) in [6.07, 6.45) is 0. The van der Waals surface area contributed by atoms with Gasteiger partial charge < -0.3 is 4.74 Å². The Labute approximate surface area is 133 Å². The Kier molecular flexibility index (Phi) is 3.19. The van der Waals surface area contributed by atoms with Crippen LogP contribution in [0.1, 0.15) is 17.4 Å². The molecule has 3 aromatic carbocycles. The van der Waals surface area contributed by atoms with E-state index in [1.54, 1.807) is 6.92 Å². The second-order valence-electron chi connectivity index (χ2n) is 5.41. The van der Waals surface area contributed by atoms with Gasteiger partial charge in [-0.1, -0.05) is 54.6 Å². The predicted octanol–water partition coefficient (Wildman–Crippen LogP) is 4.72. The highest BCUT2D eigenvalue weighted by Crippen LogP contribution is 2.33. The lowest BCUT2D eigenvalue weighted by Crippen LogP contribution is -2.08. The number of fused-ring (bicyclic) bond motifs is 5. The third kappa shape index (κ3) is 2.13. The van der Waals surface area contributed by atoms with Crippen LogP contribution in [-0.4, -0.2) is 17.6 Å². The maximum Gasteiger partial charge on any atom is 0.357 e. The molecule has 0 aliphatic carbocycles. The molecule has 0 unspecified atom stereocenters. The summed E-state index contributed by atoms with van der Waals surface area (Å²) in [6.45, 7) is 2.14. The van der Waals surface area contributed by atoms with Crippen molar-refractivity contribution in [1.82, 2.24) is 4.98 Å². The first kappa shape index (κ1) is 13.7. The monoisotopic (exact) mass is 301 g/mol. The Morgan fingerprint density at radius 1 is 0.913 bits per heavy atom. The molecule has 3 heteroatoms. The van der Waals surface area contributed by atoms with Crippen LogP contribution < -0.4 is 0 Å². The minimum atomic E-state index is -0.376. The van der Waals surface area contributed by atoms with Crippen molar-refractivity contribution in [2.75, 3.05) is 6.61 Å². The number of hydrogen-bond acceptors (Lipinski definition) is 3. The molecule has 1 heterocycles. The summed E-state index contributed by atoms with van der Waals surface area (Å²) in [5.74, 6) is -0.376. The van der Waals surface area contributed by atoms with E-state index in [2.05, 4.69) is 17.1 Å². The summed E-state index contributed by atoms with van der Waals surface area (Å²) in [6, 6.07) is 20.1. The van der Waals surface area contributed by atoms with Crippen LogP contribution in [0, 0.1) is 0 Å². The maximum absolute atomic E-state index is 12.4. The summed E-state index contributed by atoms with van der Waals surface area (Å²) in [7, 11) is 0. The van der Waals surface area contributed by atoms with E-state index >= 15 is 0 Å². The average Bonchev–Trinajstić information content (AvgIpc) is 2.60. The Morgan fingerprint density at radius 2 is 1.65 bits per heavy atom. The Hall–Kier alpha value is -2.94. The molecule has 0 fully saturated rings. The Balaban J connectivity index is 2.23. The fourth-order valence-electron chi connectivity index (χ4n) is 3.08. The number of aromatic nitrogens is 1. The zero-order valence-electron chi connectivity index (χ0n) is 12.7. The average molecular weight is 301 g/mol. The van der Waals surface area contributed by atoms with Crippen molar-refractivity contribution < 1.29 is 9.53 Å². The SMILES string of the molecule is CCOC(=O)c1nc2ccccc2c2c1ccc1ccccc12. The fourth-order valence-corrected chi connectivity index (χ4v) is 3.08. The molecule has 0 saturated heterocycles. The number of benzene rings is 3. The van der Waals surface area contributed by atoms with Crippen molar-refractivity contribution in [1.29, 1.82) is 0 Å². The number of para-hydroxylation sites is 1. The van der Waals surface area contributed by atoms with Gasteiger partial charge in [0.05, 0.1) is 12.1 Å². The highest BCUT2D eigenvalue weighted by Gasteiger charge is 2.17. The number of ether oxygens (including phenoxy) is 1. The molecule has 0 radical (unpaired) electrons. The summed E-state index contributed by atoms with van der Waals surface area (Å²) in [5, 5.41) is 5.20. The number of nitrogens with zero attached hydrogens (tertiary/aromatic N) is 1. The first-order chi connectivity index (χ1) is 11.3. The van der Waals surface area contributed by atoms with Gasteiger partial charge in [-0.3, -0.25) is 0 Å². The second-order valence-corrected chi connectivity index (χ2v) is 5.41. The summed E-state index contributed by atoms with van der Waals surface area (Å²) in [5.41, 5.74) is 1.19. The van der Waals surface area contributed by atoms with E-state index in [-0.39, 0.29) is 5.97 Å². The van der Waals surface area contributed by atoms with E-state index in [1.165, 1.54) is 0 Å². The first-order valence-electron chi connectivity index (χ1n) is 7.67. The standard InChI is InChI=1S/C20H15NO2/c1-2-23-20(22)19-16-12-11-13-7-3-4-8-14(13)18(16)15-9-5-6-10-17(15)21-19/h3-12H,2H2,1H3. The van der Waals surface area contributed by atoms with Crippen LogP contribution >= 0.6 is 0 Å². The van der Waals surface area contributed by atoms with Crippen molar-refractivity contribution >= 4 is 38.4 Å². The number of rotatable bonds is 2. The van der Waals surface area contributed by atoms with E-state index in [0.29, 0.717) is 12.3 Å². The smallest absolute Gasteiger partial charge is 0.357 e. The van der Waals surface area contributed by atoms with Gasteiger partial charge in [-0.15, -0.1) is 0 Å². The minimum absolute atomic E-state index is 0.336. The third-order valence-corrected chi connectivity index (χ3v) is 4.06. The molecular formula is C20H15NO2. The van der Waals surface area contributed by atoms with Gasteiger partial charge in [0.1, 0.15) is 0 Å². The fraction of sp³-hybridized carbons (Fsp3) is 0.100. The molecule has 0 saturated carbocycles. The summed E-state index contributed by atoms with van der Waals surface area (Å²) < 4.78 is 5.20. The molecule has 4 aromatic rings. The summed E-state index contributed by atoms with van der Waals surface area (Å²) >= 11 is 0. The number of carbonyl (C=O) groups is 1. The zero-order chi connectivity index (χ0) is 15.8. The molecule has 0 aliphatic heterocycles. The molecule has 1 aromatic heterocycles. The molecule has 0 bridgehead atoms. The topological polar surface area (TPSA) is 39.2 Å². The van der Waals surface area contributed by atoms with Crippen LogP contribution in [0.15, 0.2) is 60.7 Å². The largest absolute Gasteiger partial charge is 0.461 e. The number of esters is 1. The molecule has 3 nitrogen and oxygen atoms in total.